The summed E-state index contributed by atoms with van der Waals surface area (Å²) in [7, 11) is -1.63. The molecule has 3 rings (SSSR count). The Kier molecular flexibility index (Phi) is 5.10. The number of H-pyrrole nitrogens is 1. The molecule has 9 heteroatoms. The summed E-state index contributed by atoms with van der Waals surface area (Å²) < 4.78 is 26.7. The molecule has 24 heavy (non-hydrogen) atoms. The van der Waals surface area contributed by atoms with Gasteiger partial charge in [-0.1, -0.05) is 0 Å². The second kappa shape index (κ2) is 7.27. The van der Waals surface area contributed by atoms with Crippen molar-refractivity contribution in [3.8, 4) is 0 Å². The average molecular weight is 350 g/mol. The van der Waals surface area contributed by atoms with Crippen molar-refractivity contribution < 1.29 is 8.42 Å². The Labute approximate surface area is 141 Å². The predicted molar refractivity (Wildman–Crippen MR) is 90.0 cm³/mol. The Hall–Kier alpha value is -2.00. The van der Waals surface area contributed by atoms with Crippen molar-refractivity contribution in [2.75, 3.05) is 25.5 Å². The van der Waals surface area contributed by atoms with Gasteiger partial charge in [0.05, 0.1) is 24.3 Å². The molecular formula is C15H22N6O2S. The lowest BCUT2D eigenvalue weighted by Crippen LogP contribution is -2.32. The summed E-state index contributed by atoms with van der Waals surface area (Å²) in [4.78, 5) is 8.93. The number of anilines is 1. The third kappa shape index (κ3) is 3.73. The fourth-order valence-electron chi connectivity index (χ4n) is 3.00. The van der Waals surface area contributed by atoms with Gasteiger partial charge in [-0.15, -0.1) is 0 Å². The number of hydrogen-bond acceptors (Lipinski definition) is 6. The monoisotopic (exact) mass is 350 g/mol. The lowest BCUT2D eigenvalue weighted by molar-refractivity contribution is 0.409. The van der Waals surface area contributed by atoms with Gasteiger partial charge in [0.1, 0.15) is 10.7 Å². The Morgan fingerprint density at radius 2 is 2.12 bits per heavy atom. The van der Waals surface area contributed by atoms with Crippen LogP contribution in [0.4, 0.5) is 5.82 Å². The van der Waals surface area contributed by atoms with Crippen molar-refractivity contribution in [1.82, 2.24) is 24.5 Å². The topological polar surface area (TPSA) is 104 Å². The first kappa shape index (κ1) is 16.8. The molecule has 2 aromatic rings. The van der Waals surface area contributed by atoms with Crippen LogP contribution in [0.1, 0.15) is 25.0 Å². The molecule has 0 bridgehead atoms. The maximum Gasteiger partial charge on any atom is 0.246 e. The molecule has 1 unspecified atom stereocenters. The van der Waals surface area contributed by atoms with Crippen LogP contribution in [-0.2, 0) is 16.4 Å². The SMILES string of the molecule is CNc1cnc(CC2CCCN(S(=O)(=O)c3cn[nH]c3)CC2)cn1. The number of sulfonamides is 1. The smallest absolute Gasteiger partial charge is 0.246 e. The van der Waals surface area contributed by atoms with Gasteiger partial charge in [-0.25, -0.2) is 13.4 Å². The molecule has 1 saturated heterocycles. The van der Waals surface area contributed by atoms with Crippen LogP contribution in [-0.4, -0.2) is 53.0 Å². The van der Waals surface area contributed by atoms with Crippen molar-refractivity contribution in [3.63, 3.8) is 0 Å². The summed E-state index contributed by atoms with van der Waals surface area (Å²) in [5.41, 5.74) is 0.949. The van der Waals surface area contributed by atoms with Crippen molar-refractivity contribution in [2.45, 2.75) is 30.6 Å². The van der Waals surface area contributed by atoms with Crippen LogP contribution in [0.15, 0.2) is 29.7 Å². The van der Waals surface area contributed by atoms with Crippen LogP contribution in [0.2, 0.25) is 0 Å². The maximum absolute atomic E-state index is 12.6. The van der Waals surface area contributed by atoms with Gasteiger partial charge >= 0.3 is 0 Å². The molecule has 0 amide bonds. The van der Waals surface area contributed by atoms with Crippen molar-refractivity contribution in [1.29, 1.82) is 0 Å². The van der Waals surface area contributed by atoms with Gasteiger partial charge in [0, 0.05) is 26.3 Å². The fraction of sp³-hybridized carbons (Fsp3) is 0.533. The zero-order valence-electron chi connectivity index (χ0n) is 13.6. The Balaban J connectivity index is 1.62. The van der Waals surface area contributed by atoms with Crippen molar-refractivity contribution >= 4 is 15.8 Å². The van der Waals surface area contributed by atoms with E-state index >= 15 is 0 Å². The van der Waals surface area contributed by atoms with Gasteiger partial charge in [0.2, 0.25) is 10.0 Å². The minimum atomic E-state index is -3.44. The lowest BCUT2D eigenvalue weighted by Gasteiger charge is -2.19. The van der Waals surface area contributed by atoms with E-state index < -0.39 is 10.0 Å². The molecule has 0 aromatic carbocycles. The minimum Gasteiger partial charge on any atom is -0.372 e. The van der Waals surface area contributed by atoms with Crippen molar-refractivity contribution in [2.24, 2.45) is 5.92 Å². The molecular weight excluding hydrogens is 328 g/mol. The van der Waals surface area contributed by atoms with E-state index in [1.807, 2.05) is 7.05 Å². The van der Waals surface area contributed by atoms with E-state index in [-0.39, 0.29) is 4.90 Å². The number of nitrogens with one attached hydrogen (secondary N) is 2. The zero-order chi connectivity index (χ0) is 17.0. The third-order valence-corrected chi connectivity index (χ3v) is 6.24. The molecule has 2 N–H and O–H groups in total. The number of aromatic nitrogens is 4. The van der Waals surface area contributed by atoms with Crippen LogP contribution < -0.4 is 5.32 Å². The van der Waals surface area contributed by atoms with Gasteiger partial charge in [0.25, 0.3) is 0 Å². The highest BCUT2D eigenvalue weighted by atomic mass is 32.2. The molecule has 3 heterocycles. The number of hydrogen-bond donors (Lipinski definition) is 2. The highest BCUT2D eigenvalue weighted by Crippen LogP contribution is 2.24. The van der Waals surface area contributed by atoms with Gasteiger partial charge in [0.15, 0.2) is 0 Å². The van der Waals surface area contributed by atoms with Crippen LogP contribution in [0.3, 0.4) is 0 Å². The van der Waals surface area contributed by atoms with E-state index in [0.29, 0.717) is 19.0 Å². The molecule has 2 aromatic heterocycles. The first-order chi connectivity index (χ1) is 11.6. The van der Waals surface area contributed by atoms with Crippen molar-refractivity contribution in [3.05, 3.63) is 30.5 Å². The summed E-state index contributed by atoms with van der Waals surface area (Å²) >= 11 is 0. The molecule has 0 spiro atoms. The Morgan fingerprint density at radius 1 is 1.25 bits per heavy atom. The van der Waals surface area contributed by atoms with Gasteiger partial charge in [-0.05, 0) is 31.6 Å². The van der Waals surface area contributed by atoms with E-state index in [1.165, 1.54) is 12.4 Å². The molecule has 1 fully saturated rings. The number of nitrogens with zero attached hydrogens (tertiary/aromatic N) is 4. The molecule has 8 nitrogen and oxygen atoms in total. The maximum atomic E-state index is 12.6. The number of aromatic amines is 1. The van der Waals surface area contributed by atoms with Crippen LogP contribution in [0, 0.1) is 5.92 Å². The zero-order valence-corrected chi connectivity index (χ0v) is 14.5. The summed E-state index contributed by atoms with van der Waals surface area (Å²) in [6.07, 6.45) is 9.80. The molecule has 0 saturated carbocycles. The molecule has 0 radical (unpaired) electrons. The van der Waals surface area contributed by atoms with E-state index in [4.69, 9.17) is 0 Å². The van der Waals surface area contributed by atoms with E-state index in [0.717, 1.165) is 37.2 Å². The summed E-state index contributed by atoms with van der Waals surface area (Å²) in [6.45, 7) is 1.08. The van der Waals surface area contributed by atoms with Gasteiger partial charge < -0.3 is 5.32 Å². The second-order valence-corrected chi connectivity index (χ2v) is 7.92. The van der Waals surface area contributed by atoms with Gasteiger partial charge in [-0.2, -0.15) is 9.40 Å². The quantitative estimate of drug-likeness (QED) is 0.842. The predicted octanol–water partition coefficient (Wildman–Crippen LogP) is 1.27. The summed E-state index contributed by atoms with van der Waals surface area (Å²) in [5.74, 6) is 1.17. The van der Waals surface area contributed by atoms with Crippen LogP contribution in [0.25, 0.3) is 0 Å². The Bertz CT molecular complexity index is 745. The fourth-order valence-corrected chi connectivity index (χ4v) is 4.40. The molecule has 130 valence electrons. The second-order valence-electron chi connectivity index (χ2n) is 5.98. The largest absolute Gasteiger partial charge is 0.372 e. The highest BCUT2D eigenvalue weighted by Gasteiger charge is 2.28. The number of rotatable bonds is 5. The first-order valence-corrected chi connectivity index (χ1v) is 9.51. The van der Waals surface area contributed by atoms with E-state index in [1.54, 1.807) is 16.7 Å². The molecule has 0 aliphatic carbocycles. The highest BCUT2D eigenvalue weighted by molar-refractivity contribution is 7.89. The van der Waals surface area contributed by atoms with E-state index in [9.17, 15) is 8.42 Å². The third-order valence-electron chi connectivity index (χ3n) is 4.38. The Morgan fingerprint density at radius 3 is 2.79 bits per heavy atom. The standard InChI is InChI=1S/C15H22N6O2S/c1-16-15-11-17-13(8-18-15)7-12-3-2-5-21(6-4-12)24(22,23)14-9-19-20-10-14/h8-12H,2-7H2,1H3,(H,16,18)(H,19,20). The minimum absolute atomic E-state index is 0.231. The van der Waals surface area contributed by atoms with Gasteiger partial charge in [-0.3, -0.25) is 10.1 Å². The van der Waals surface area contributed by atoms with E-state index in [2.05, 4.69) is 25.5 Å². The molecule has 1 aliphatic rings. The summed E-state index contributed by atoms with van der Waals surface area (Å²) in [5, 5.41) is 9.25. The lowest BCUT2D eigenvalue weighted by atomic mass is 9.95. The first-order valence-electron chi connectivity index (χ1n) is 8.07. The summed E-state index contributed by atoms with van der Waals surface area (Å²) in [6, 6.07) is 0. The van der Waals surface area contributed by atoms with Crippen LogP contribution in [0.5, 0.6) is 0 Å². The average Bonchev–Trinajstić information content (AvgIpc) is 3.04. The molecule has 1 aliphatic heterocycles. The van der Waals surface area contributed by atoms with Crippen LogP contribution >= 0.6 is 0 Å². The normalized spacial score (nSPS) is 19.8. The molecule has 1 atom stereocenters.